The molecule has 0 saturated carbocycles. The summed E-state index contributed by atoms with van der Waals surface area (Å²) >= 11 is 0. The molecule has 0 spiro atoms. The van der Waals surface area contributed by atoms with Crippen molar-refractivity contribution in [2.75, 3.05) is 6.61 Å². The van der Waals surface area contributed by atoms with Crippen LogP contribution in [0, 0.1) is 0 Å². The summed E-state index contributed by atoms with van der Waals surface area (Å²) in [5, 5.41) is 4.75. The zero-order valence-electron chi connectivity index (χ0n) is 15.5. The predicted octanol–water partition coefficient (Wildman–Crippen LogP) is 3.06. The van der Waals surface area contributed by atoms with Crippen LogP contribution in [0.15, 0.2) is 54.6 Å². The molecule has 6 heteroatoms. The van der Waals surface area contributed by atoms with Crippen molar-refractivity contribution in [3.63, 3.8) is 0 Å². The average Bonchev–Trinajstić information content (AvgIpc) is 2.67. The second-order valence-electron chi connectivity index (χ2n) is 6.23. The minimum absolute atomic E-state index is 0.0507. The van der Waals surface area contributed by atoms with Crippen LogP contribution in [0.3, 0.4) is 0 Å². The van der Waals surface area contributed by atoms with Crippen molar-refractivity contribution in [3.05, 3.63) is 71.3 Å². The van der Waals surface area contributed by atoms with E-state index in [0.717, 1.165) is 17.5 Å². The number of carbonyl (C=O) groups is 3. The SMILES string of the molecule is CC[C@H](C)NC(=O)NC(=O)COC(=O)c1ccccc1Cc1ccccc1. The van der Waals surface area contributed by atoms with Crippen molar-refractivity contribution in [1.82, 2.24) is 10.6 Å². The van der Waals surface area contributed by atoms with E-state index in [9.17, 15) is 14.4 Å². The number of hydrogen-bond donors (Lipinski definition) is 2. The van der Waals surface area contributed by atoms with Crippen LogP contribution >= 0.6 is 0 Å². The first-order valence-corrected chi connectivity index (χ1v) is 8.89. The van der Waals surface area contributed by atoms with Gasteiger partial charge in [-0.25, -0.2) is 9.59 Å². The smallest absolute Gasteiger partial charge is 0.338 e. The van der Waals surface area contributed by atoms with Crippen LogP contribution in [0.25, 0.3) is 0 Å². The Morgan fingerprint density at radius 2 is 1.67 bits per heavy atom. The highest BCUT2D eigenvalue weighted by molar-refractivity contribution is 5.97. The molecule has 2 aromatic rings. The zero-order valence-corrected chi connectivity index (χ0v) is 15.5. The summed E-state index contributed by atoms with van der Waals surface area (Å²) in [6, 6.07) is 16.2. The first-order chi connectivity index (χ1) is 13.0. The van der Waals surface area contributed by atoms with Crippen molar-refractivity contribution in [2.24, 2.45) is 0 Å². The molecule has 0 aliphatic rings. The Morgan fingerprint density at radius 1 is 1.00 bits per heavy atom. The monoisotopic (exact) mass is 368 g/mol. The molecule has 0 unspecified atom stereocenters. The largest absolute Gasteiger partial charge is 0.452 e. The van der Waals surface area contributed by atoms with Gasteiger partial charge >= 0.3 is 12.0 Å². The maximum absolute atomic E-state index is 12.4. The van der Waals surface area contributed by atoms with Crippen LogP contribution in [0.1, 0.15) is 41.8 Å². The highest BCUT2D eigenvalue weighted by atomic mass is 16.5. The minimum Gasteiger partial charge on any atom is -0.452 e. The van der Waals surface area contributed by atoms with E-state index in [1.165, 1.54) is 0 Å². The summed E-state index contributed by atoms with van der Waals surface area (Å²) in [6.07, 6.45) is 1.32. The van der Waals surface area contributed by atoms with Crippen LogP contribution in [0.4, 0.5) is 4.79 Å². The molecule has 2 N–H and O–H groups in total. The number of hydrogen-bond acceptors (Lipinski definition) is 4. The van der Waals surface area contributed by atoms with Crippen molar-refractivity contribution >= 4 is 17.9 Å². The Balaban J connectivity index is 1.92. The standard InChI is InChI=1S/C21H24N2O4/c1-3-15(2)22-21(26)23-19(24)14-27-20(25)18-12-8-7-11-17(18)13-16-9-5-4-6-10-16/h4-12,15H,3,13-14H2,1-2H3,(H2,22,23,24,26)/t15-/m0/s1. The maximum Gasteiger partial charge on any atom is 0.338 e. The maximum atomic E-state index is 12.4. The molecule has 142 valence electrons. The molecule has 3 amide bonds. The van der Waals surface area contributed by atoms with Gasteiger partial charge in [0.2, 0.25) is 0 Å². The summed E-state index contributed by atoms with van der Waals surface area (Å²) in [5.74, 6) is -1.27. The second kappa shape index (κ2) is 10.1. The normalized spacial score (nSPS) is 11.3. The molecule has 2 aromatic carbocycles. The fourth-order valence-electron chi connectivity index (χ4n) is 2.42. The molecule has 0 bridgehead atoms. The lowest BCUT2D eigenvalue weighted by atomic mass is 10.00. The molecule has 0 aliphatic heterocycles. The first kappa shape index (κ1) is 20.2. The molecule has 2 rings (SSSR count). The van der Waals surface area contributed by atoms with E-state index in [0.29, 0.717) is 12.0 Å². The molecule has 0 heterocycles. The fourth-order valence-corrected chi connectivity index (χ4v) is 2.42. The number of urea groups is 1. The van der Waals surface area contributed by atoms with Gasteiger partial charge in [0.15, 0.2) is 6.61 Å². The quantitative estimate of drug-likeness (QED) is 0.736. The van der Waals surface area contributed by atoms with E-state index in [1.54, 1.807) is 12.1 Å². The third-order valence-corrected chi connectivity index (χ3v) is 4.05. The number of ether oxygens (including phenoxy) is 1. The zero-order chi connectivity index (χ0) is 19.6. The lowest BCUT2D eigenvalue weighted by molar-refractivity contribution is -0.123. The van der Waals surface area contributed by atoms with Gasteiger partial charge in [0.05, 0.1) is 5.56 Å². The van der Waals surface area contributed by atoms with Gasteiger partial charge in [-0.3, -0.25) is 10.1 Å². The molecule has 27 heavy (non-hydrogen) atoms. The molecular formula is C21H24N2O4. The molecule has 0 aliphatic carbocycles. The first-order valence-electron chi connectivity index (χ1n) is 8.89. The van der Waals surface area contributed by atoms with E-state index < -0.39 is 24.5 Å². The van der Waals surface area contributed by atoms with Gasteiger partial charge in [-0.1, -0.05) is 55.5 Å². The van der Waals surface area contributed by atoms with Crippen molar-refractivity contribution in [2.45, 2.75) is 32.7 Å². The van der Waals surface area contributed by atoms with Crippen molar-refractivity contribution in [3.8, 4) is 0 Å². The molecule has 1 atom stereocenters. The van der Waals surface area contributed by atoms with E-state index in [4.69, 9.17) is 4.74 Å². The van der Waals surface area contributed by atoms with E-state index in [2.05, 4.69) is 10.6 Å². The number of imide groups is 1. The summed E-state index contributed by atoms with van der Waals surface area (Å²) < 4.78 is 5.07. The van der Waals surface area contributed by atoms with Crippen LogP contribution < -0.4 is 10.6 Å². The van der Waals surface area contributed by atoms with E-state index in [1.807, 2.05) is 56.3 Å². The number of carbonyl (C=O) groups excluding carboxylic acids is 3. The number of benzene rings is 2. The third-order valence-electron chi connectivity index (χ3n) is 4.05. The Labute approximate surface area is 158 Å². The highest BCUT2D eigenvalue weighted by Crippen LogP contribution is 2.15. The van der Waals surface area contributed by atoms with Crippen molar-refractivity contribution in [1.29, 1.82) is 0 Å². The fraction of sp³-hybridized carbons (Fsp3) is 0.286. The van der Waals surface area contributed by atoms with E-state index >= 15 is 0 Å². The summed E-state index contributed by atoms with van der Waals surface area (Å²) in [7, 11) is 0. The Hall–Kier alpha value is -3.15. The Morgan fingerprint density at radius 3 is 2.37 bits per heavy atom. The summed E-state index contributed by atoms with van der Waals surface area (Å²) in [6.45, 7) is 3.22. The number of amides is 3. The van der Waals surface area contributed by atoms with Crippen LogP contribution in [-0.4, -0.2) is 30.6 Å². The number of nitrogens with one attached hydrogen (secondary N) is 2. The number of esters is 1. The lowest BCUT2D eigenvalue weighted by Crippen LogP contribution is -2.44. The summed E-state index contributed by atoms with van der Waals surface area (Å²) in [4.78, 5) is 35.8. The highest BCUT2D eigenvalue weighted by Gasteiger charge is 2.16. The van der Waals surface area contributed by atoms with Gasteiger partial charge in [0.25, 0.3) is 5.91 Å². The van der Waals surface area contributed by atoms with Gasteiger partial charge in [-0.2, -0.15) is 0 Å². The average molecular weight is 368 g/mol. The predicted molar refractivity (Wildman–Crippen MR) is 102 cm³/mol. The molecule has 0 radical (unpaired) electrons. The topological polar surface area (TPSA) is 84.5 Å². The van der Waals surface area contributed by atoms with Gasteiger partial charge in [0, 0.05) is 6.04 Å². The second-order valence-corrected chi connectivity index (χ2v) is 6.23. The van der Waals surface area contributed by atoms with Gasteiger partial charge < -0.3 is 10.1 Å². The van der Waals surface area contributed by atoms with E-state index in [-0.39, 0.29) is 6.04 Å². The van der Waals surface area contributed by atoms with Crippen LogP contribution in [-0.2, 0) is 16.0 Å². The van der Waals surface area contributed by atoms with Crippen LogP contribution in [0.5, 0.6) is 0 Å². The molecule has 0 aromatic heterocycles. The molecule has 6 nitrogen and oxygen atoms in total. The van der Waals surface area contributed by atoms with Crippen LogP contribution in [0.2, 0.25) is 0 Å². The van der Waals surface area contributed by atoms with Gasteiger partial charge in [0.1, 0.15) is 0 Å². The number of rotatable bonds is 7. The molecular weight excluding hydrogens is 344 g/mol. The molecule has 0 saturated heterocycles. The minimum atomic E-state index is -0.676. The van der Waals surface area contributed by atoms with Gasteiger partial charge in [-0.15, -0.1) is 0 Å². The summed E-state index contributed by atoms with van der Waals surface area (Å²) in [5.41, 5.74) is 2.28. The van der Waals surface area contributed by atoms with Crippen molar-refractivity contribution < 1.29 is 19.1 Å². The molecule has 0 fully saturated rings. The van der Waals surface area contributed by atoms with Gasteiger partial charge in [-0.05, 0) is 37.0 Å². The Bertz CT molecular complexity index is 790. The lowest BCUT2D eigenvalue weighted by Gasteiger charge is -2.12. The Kier molecular flexibility index (Phi) is 7.55. The third kappa shape index (κ3) is 6.58.